The minimum Gasteiger partial charge on any atom is -0.491 e. The molecule has 0 unspecified atom stereocenters. The van der Waals surface area contributed by atoms with Crippen LogP contribution >= 0.6 is 0 Å². The van der Waals surface area contributed by atoms with Crippen molar-refractivity contribution in [2.45, 2.75) is 6.42 Å². The highest BCUT2D eigenvalue weighted by Crippen LogP contribution is 2.36. The maximum Gasteiger partial charge on any atom is 0.163 e. The molecular weight excluding hydrogens is 424 g/mol. The van der Waals surface area contributed by atoms with Crippen LogP contribution in [0.4, 0.5) is 14.6 Å². The second kappa shape index (κ2) is 9.87. The molecule has 2 aromatic heterocycles. The van der Waals surface area contributed by atoms with Gasteiger partial charge in [0.2, 0.25) is 0 Å². The van der Waals surface area contributed by atoms with Crippen LogP contribution in [0, 0.1) is 11.6 Å². The first-order valence-electron chi connectivity index (χ1n) is 10.6. The van der Waals surface area contributed by atoms with Gasteiger partial charge < -0.3 is 15.0 Å². The maximum absolute atomic E-state index is 14.6. The number of ether oxygens (including phenoxy) is 1. The zero-order valence-electron chi connectivity index (χ0n) is 18.8. The lowest BCUT2D eigenvalue weighted by atomic mass is 10.0. The minimum absolute atomic E-state index is 0.273. The van der Waals surface area contributed by atoms with Gasteiger partial charge in [0.05, 0.1) is 6.61 Å². The number of benzene rings is 2. The van der Waals surface area contributed by atoms with E-state index in [9.17, 15) is 8.78 Å². The molecular formula is C25H25F2N5O. The van der Waals surface area contributed by atoms with Crippen LogP contribution in [0.3, 0.4) is 0 Å². The standard InChI is InChI=1S/C25H25F2N5O/c1-28-25-20-12-17(19-8-7-18(26)14-21(19)27)13-22(33-11-5-10-32(2)3)23(20)30-24(31-25)16-6-4-9-29-15-16/h4,6-9,12-15H,5,10-11H2,1-3H3,(H,28,30,31). The predicted octanol–water partition coefficient (Wildman–Crippen LogP) is 5.01. The lowest BCUT2D eigenvalue weighted by Crippen LogP contribution is -2.15. The topological polar surface area (TPSA) is 63.2 Å². The Kier molecular flexibility index (Phi) is 6.74. The number of anilines is 1. The lowest BCUT2D eigenvalue weighted by Gasteiger charge is -2.16. The summed E-state index contributed by atoms with van der Waals surface area (Å²) in [4.78, 5) is 15.6. The molecule has 8 heteroatoms. The van der Waals surface area contributed by atoms with Crippen LogP contribution in [0.25, 0.3) is 33.4 Å². The smallest absolute Gasteiger partial charge is 0.163 e. The van der Waals surface area contributed by atoms with Crippen molar-refractivity contribution >= 4 is 16.7 Å². The summed E-state index contributed by atoms with van der Waals surface area (Å²) in [6.45, 7) is 1.33. The Balaban J connectivity index is 1.87. The highest BCUT2D eigenvalue weighted by molar-refractivity contribution is 5.97. The van der Waals surface area contributed by atoms with E-state index in [0.29, 0.717) is 40.5 Å². The molecule has 33 heavy (non-hydrogen) atoms. The Morgan fingerprint density at radius 2 is 1.88 bits per heavy atom. The molecule has 170 valence electrons. The van der Waals surface area contributed by atoms with Gasteiger partial charge in [-0.05, 0) is 62.5 Å². The molecule has 0 aliphatic rings. The van der Waals surface area contributed by atoms with E-state index in [2.05, 4.69) is 20.2 Å². The Labute approximate surface area is 191 Å². The van der Waals surface area contributed by atoms with Crippen molar-refractivity contribution in [3.63, 3.8) is 0 Å². The first-order valence-corrected chi connectivity index (χ1v) is 10.6. The molecule has 0 spiro atoms. The molecule has 0 aliphatic carbocycles. The molecule has 0 amide bonds. The Hall–Kier alpha value is -3.65. The maximum atomic E-state index is 14.6. The van der Waals surface area contributed by atoms with Gasteiger partial charge in [0.15, 0.2) is 5.82 Å². The number of fused-ring (bicyclic) bond motifs is 1. The van der Waals surface area contributed by atoms with E-state index in [-0.39, 0.29) is 5.56 Å². The summed E-state index contributed by atoms with van der Waals surface area (Å²) in [6, 6.07) is 10.8. The fourth-order valence-corrected chi connectivity index (χ4v) is 3.57. The predicted molar refractivity (Wildman–Crippen MR) is 126 cm³/mol. The second-order valence-corrected chi connectivity index (χ2v) is 7.89. The van der Waals surface area contributed by atoms with Crippen molar-refractivity contribution in [1.82, 2.24) is 19.9 Å². The number of halogens is 2. The highest BCUT2D eigenvalue weighted by atomic mass is 19.1. The SMILES string of the molecule is CNc1nc(-c2cccnc2)nc2c(OCCCN(C)C)cc(-c3ccc(F)cc3F)cc12. The first kappa shape index (κ1) is 22.5. The van der Waals surface area contributed by atoms with Crippen molar-refractivity contribution in [3.05, 3.63) is 66.5 Å². The third-order valence-corrected chi connectivity index (χ3v) is 5.17. The van der Waals surface area contributed by atoms with Crippen LogP contribution in [0.5, 0.6) is 5.75 Å². The molecule has 1 N–H and O–H groups in total. The van der Waals surface area contributed by atoms with Crippen LogP contribution < -0.4 is 10.1 Å². The largest absolute Gasteiger partial charge is 0.491 e. The van der Waals surface area contributed by atoms with Crippen LogP contribution in [0.1, 0.15) is 6.42 Å². The monoisotopic (exact) mass is 449 g/mol. The summed E-state index contributed by atoms with van der Waals surface area (Å²) in [5, 5.41) is 3.78. The Morgan fingerprint density at radius 3 is 2.58 bits per heavy atom. The van der Waals surface area contributed by atoms with Gasteiger partial charge in [0.25, 0.3) is 0 Å². The van der Waals surface area contributed by atoms with E-state index in [1.807, 2.05) is 26.2 Å². The normalized spacial score (nSPS) is 11.2. The van der Waals surface area contributed by atoms with Gasteiger partial charge >= 0.3 is 0 Å². The van der Waals surface area contributed by atoms with Crippen LogP contribution in [0.2, 0.25) is 0 Å². The zero-order valence-corrected chi connectivity index (χ0v) is 18.8. The van der Waals surface area contributed by atoms with Crippen LogP contribution in [-0.4, -0.2) is 54.1 Å². The van der Waals surface area contributed by atoms with E-state index in [0.717, 1.165) is 24.6 Å². The van der Waals surface area contributed by atoms with Gasteiger partial charge in [-0.3, -0.25) is 4.98 Å². The third-order valence-electron chi connectivity index (χ3n) is 5.17. The summed E-state index contributed by atoms with van der Waals surface area (Å²) in [7, 11) is 5.76. The average molecular weight is 450 g/mol. The van der Waals surface area contributed by atoms with Gasteiger partial charge in [-0.1, -0.05) is 0 Å². The summed E-state index contributed by atoms with van der Waals surface area (Å²) >= 11 is 0. The molecule has 0 fully saturated rings. The molecule has 4 aromatic rings. The van der Waals surface area contributed by atoms with Gasteiger partial charge in [-0.2, -0.15) is 0 Å². The van der Waals surface area contributed by atoms with Gasteiger partial charge in [-0.25, -0.2) is 18.7 Å². The molecule has 0 radical (unpaired) electrons. The Morgan fingerprint density at radius 1 is 1.03 bits per heavy atom. The quantitative estimate of drug-likeness (QED) is 0.382. The molecule has 0 bridgehead atoms. The molecule has 0 saturated heterocycles. The fraction of sp³-hybridized carbons (Fsp3) is 0.240. The van der Waals surface area contributed by atoms with E-state index in [1.165, 1.54) is 12.1 Å². The summed E-state index contributed by atoms with van der Waals surface area (Å²) < 4.78 is 34.2. The van der Waals surface area contributed by atoms with Crippen molar-refractivity contribution < 1.29 is 13.5 Å². The zero-order chi connectivity index (χ0) is 23.4. The van der Waals surface area contributed by atoms with Crippen molar-refractivity contribution in [2.75, 3.05) is 39.6 Å². The first-order chi connectivity index (χ1) is 16.0. The molecule has 2 aromatic carbocycles. The molecule has 2 heterocycles. The number of hydrogen-bond donors (Lipinski definition) is 1. The van der Waals surface area contributed by atoms with Gasteiger partial charge in [0, 0.05) is 48.6 Å². The summed E-state index contributed by atoms with van der Waals surface area (Å²) in [5.41, 5.74) is 2.19. The summed E-state index contributed by atoms with van der Waals surface area (Å²) in [6.07, 6.45) is 4.19. The molecule has 0 saturated carbocycles. The average Bonchev–Trinajstić information content (AvgIpc) is 2.81. The summed E-state index contributed by atoms with van der Waals surface area (Å²) in [5.74, 6) is 0.304. The number of pyridine rings is 1. The van der Waals surface area contributed by atoms with Crippen molar-refractivity contribution in [3.8, 4) is 28.3 Å². The fourth-order valence-electron chi connectivity index (χ4n) is 3.57. The lowest BCUT2D eigenvalue weighted by molar-refractivity contribution is 0.284. The number of rotatable bonds is 8. The van der Waals surface area contributed by atoms with Crippen molar-refractivity contribution in [1.29, 1.82) is 0 Å². The van der Waals surface area contributed by atoms with E-state index >= 15 is 0 Å². The van der Waals surface area contributed by atoms with E-state index < -0.39 is 11.6 Å². The van der Waals surface area contributed by atoms with Crippen LogP contribution in [0.15, 0.2) is 54.9 Å². The molecule has 6 nitrogen and oxygen atoms in total. The van der Waals surface area contributed by atoms with Gasteiger partial charge in [0.1, 0.15) is 28.7 Å². The second-order valence-electron chi connectivity index (χ2n) is 7.89. The highest BCUT2D eigenvalue weighted by Gasteiger charge is 2.17. The minimum atomic E-state index is -0.646. The van der Waals surface area contributed by atoms with Crippen molar-refractivity contribution in [2.24, 2.45) is 0 Å². The number of hydrogen-bond acceptors (Lipinski definition) is 6. The van der Waals surface area contributed by atoms with E-state index in [4.69, 9.17) is 9.72 Å². The third kappa shape index (κ3) is 5.06. The number of nitrogens with one attached hydrogen (secondary N) is 1. The number of nitrogens with zero attached hydrogens (tertiary/aromatic N) is 4. The van der Waals surface area contributed by atoms with Gasteiger partial charge in [-0.15, -0.1) is 0 Å². The Bertz CT molecular complexity index is 1260. The molecule has 0 atom stereocenters. The van der Waals surface area contributed by atoms with Crippen LogP contribution in [-0.2, 0) is 0 Å². The molecule has 4 rings (SSSR count). The van der Waals surface area contributed by atoms with E-state index in [1.54, 1.807) is 31.6 Å². The molecule has 0 aliphatic heterocycles. The number of aromatic nitrogens is 3.